The molecule has 1 atom stereocenters. The zero-order chi connectivity index (χ0) is 12.7. The van der Waals surface area contributed by atoms with E-state index in [1.807, 2.05) is 19.1 Å². The molecule has 0 saturated carbocycles. The standard InChI is InChI=1S/C12H20N2O3/c1-2-9(7-11(15)16)8-13-12(17)14-10-5-3-4-6-10/h3-4,9-10H,2,5-8H2,1H3,(H,15,16)(H2,13,14,17). The van der Waals surface area contributed by atoms with Gasteiger partial charge in [0.05, 0.1) is 0 Å². The Hall–Kier alpha value is -1.52. The molecule has 5 nitrogen and oxygen atoms in total. The van der Waals surface area contributed by atoms with E-state index in [9.17, 15) is 9.59 Å². The first kappa shape index (κ1) is 13.5. The highest BCUT2D eigenvalue weighted by Gasteiger charge is 2.15. The quantitative estimate of drug-likeness (QED) is 0.616. The van der Waals surface area contributed by atoms with Crippen molar-refractivity contribution in [2.45, 2.75) is 38.6 Å². The van der Waals surface area contributed by atoms with Crippen molar-refractivity contribution in [3.05, 3.63) is 12.2 Å². The summed E-state index contributed by atoms with van der Waals surface area (Å²) in [4.78, 5) is 22.1. The van der Waals surface area contributed by atoms with Gasteiger partial charge in [0, 0.05) is 19.0 Å². The van der Waals surface area contributed by atoms with E-state index in [0.717, 1.165) is 19.3 Å². The number of hydrogen-bond acceptors (Lipinski definition) is 2. The van der Waals surface area contributed by atoms with Gasteiger partial charge in [0.2, 0.25) is 0 Å². The molecule has 1 rings (SSSR count). The van der Waals surface area contributed by atoms with Crippen molar-refractivity contribution in [3.8, 4) is 0 Å². The van der Waals surface area contributed by atoms with Crippen LogP contribution in [0.1, 0.15) is 32.6 Å². The van der Waals surface area contributed by atoms with E-state index in [4.69, 9.17) is 5.11 Å². The number of aliphatic carboxylic acids is 1. The van der Waals surface area contributed by atoms with Gasteiger partial charge in [-0.05, 0) is 18.8 Å². The maximum Gasteiger partial charge on any atom is 0.315 e. The Kier molecular flexibility index (Phi) is 5.52. The van der Waals surface area contributed by atoms with Crippen LogP contribution < -0.4 is 10.6 Å². The summed E-state index contributed by atoms with van der Waals surface area (Å²) in [7, 11) is 0. The molecule has 0 saturated heterocycles. The largest absolute Gasteiger partial charge is 0.481 e. The van der Waals surface area contributed by atoms with E-state index in [1.165, 1.54) is 0 Å². The number of carbonyl (C=O) groups is 2. The van der Waals surface area contributed by atoms with Crippen LogP contribution in [0.15, 0.2) is 12.2 Å². The van der Waals surface area contributed by atoms with Gasteiger partial charge in [0.15, 0.2) is 0 Å². The number of amides is 2. The molecule has 0 aromatic carbocycles. The van der Waals surface area contributed by atoms with Gasteiger partial charge >= 0.3 is 12.0 Å². The van der Waals surface area contributed by atoms with Crippen LogP contribution in [-0.2, 0) is 4.79 Å². The molecule has 5 heteroatoms. The second kappa shape index (κ2) is 6.93. The lowest BCUT2D eigenvalue weighted by Gasteiger charge is -2.16. The van der Waals surface area contributed by atoms with E-state index < -0.39 is 5.97 Å². The minimum Gasteiger partial charge on any atom is -0.481 e. The smallest absolute Gasteiger partial charge is 0.315 e. The fourth-order valence-electron chi connectivity index (χ4n) is 1.82. The summed E-state index contributed by atoms with van der Waals surface area (Å²) in [5, 5.41) is 14.2. The SMILES string of the molecule is CCC(CNC(=O)NC1CC=CC1)CC(=O)O. The summed E-state index contributed by atoms with van der Waals surface area (Å²) in [6.45, 7) is 2.34. The number of carbonyl (C=O) groups excluding carboxylic acids is 1. The minimum atomic E-state index is -0.820. The van der Waals surface area contributed by atoms with Crippen molar-refractivity contribution in [3.63, 3.8) is 0 Å². The van der Waals surface area contributed by atoms with Gasteiger partial charge < -0.3 is 15.7 Å². The first-order valence-corrected chi connectivity index (χ1v) is 6.03. The van der Waals surface area contributed by atoms with E-state index >= 15 is 0 Å². The molecule has 96 valence electrons. The Morgan fingerprint density at radius 1 is 1.41 bits per heavy atom. The molecule has 0 spiro atoms. The Bertz CT molecular complexity index is 294. The van der Waals surface area contributed by atoms with E-state index in [0.29, 0.717) is 6.54 Å². The highest BCUT2D eigenvalue weighted by Crippen LogP contribution is 2.09. The average molecular weight is 240 g/mol. The van der Waals surface area contributed by atoms with E-state index in [2.05, 4.69) is 10.6 Å². The van der Waals surface area contributed by atoms with Crippen LogP contribution in [0, 0.1) is 5.92 Å². The van der Waals surface area contributed by atoms with Gasteiger partial charge in [-0.25, -0.2) is 4.79 Å². The minimum absolute atomic E-state index is 0.0000435. The number of rotatable bonds is 6. The predicted molar refractivity (Wildman–Crippen MR) is 64.7 cm³/mol. The molecule has 0 bridgehead atoms. The summed E-state index contributed by atoms with van der Waals surface area (Å²) in [5.41, 5.74) is 0. The molecule has 2 amide bonds. The van der Waals surface area contributed by atoms with Crippen molar-refractivity contribution < 1.29 is 14.7 Å². The Morgan fingerprint density at radius 3 is 2.59 bits per heavy atom. The second-order valence-corrected chi connectivity index (χ2v) is 4.37. The van der Waals surface area contributed by atoms with Crippen molar-refractivity contribution in [2.75, 3.05) is 6.54 Å². The Labute approximate surface area is 101 Å². The molecule has 1 aliphatic carbocycles. The molecule has 1 unspecified atom stereocenters. The number of carboxylic acid groups (broad SMARTS) is 1. The van der Waals surface area contributed by atoms with Crippen LogP contribution in [0.4, 0.5) is 4.79 Å². The Morgan fingerprint density at radius 2 is 2.06 bits per heavy atom. The topological polar surface area (TPSA) is 78.4 Å². The molecule has 3 N–H and O–H groups in total. The molecule has 0 heterocycles. The van der Waals surface area contributed by atoms with Crippen molar-refractivity contribution in [1.29, 1.82) is 0 Å². The lowest BCUT2D eigenvalue weighted by molar-refractivity contribution is -0.138. The lowest BCUT2D eigenvalue weighted by Crippen LogP contribution is -2.42. The third-order valence-electron chi connectivity index (χ3n) is 2.94. The van der Waals surface area contributed by atoms with Crippen LogP contribution in [-0.4, -0.2) is 29.7 Å². The third-order valence-corrected chi connectivity index (χ3v) is 2.94. The molecule has 17 heavy (non-hydrogen) atoms. The maximum atomic E-state index is 11.5. The van der Waals surface area contributed by atoms with Crippen LogP contribution in [0.5, 0.6) is 0 Å². The third kappa shape index (κ3) is 5.38. The highest BCUT2D eigenvalue weighted by atomic mass is 16.4. The zero-order valence-corrected chi connectivity index (χ0v) is 10.1. The first-order valence-electron chi connectivity index (χ1n) is 6.03. The van der Waals surface area contributed by atoms with Crippen LogP contribution in [0.3, 0.4) is 0 Å². The summed E-state index contributed by atoms with van der Waals surface area (Å²) in [5.74, 6) is -0.820. The van der Waals surface area contributed by atoms with Crippen LogP contribution in [0.2, 0.25) is 0 Å². The van der Waals surface area contributed by atoms with Crippen LogP contribution >= 0.6 is 0 Å². The second-order valence-electron chi connectivity index (χ2n) is 4.37. The van der Waals surface area contributed by atoms with Gasteiger partial charge in [0.25, 0.3) is 0 Å². The summed E-state index contributed by atoms with van der Waals surface area (Å²) >= 11 is 0. The summed E-state index contributed by atoms with van der Waals surface area (Å²) in [6.07, 6.45) is 6.69. The van der Waals surface area contributed by atoms with Gasteiger partial charge in [-0.3, -0.25) is 4.79 Å². The van der Waals surface area contributed by atoms with E-state index in [1.54, 1.807) is 0 Å². The molecule has 0 fully saturated rings. The van der Waals surface area contributed by atoms with Gasteiger partial charge in [-0.1, -0.05) is 25.5 Å². The monoisotopic (exact) mass is 240 g/mol. The van der Waals surface area contributed by atoms with Gasteiger partial charge in [0.1, 0.15) is 0 Å². The number of hydrogen-bond donors (Lipinski definition) is 3. The van der Waals surface area contributed by atoms with Crippen molar-refractivity contribution in [2.24, 2.45) is 5.92 Å². The summed E-state index contributed by atoms with van der Waals surface area (Å²) in [6, 6.07) is -0.0166. The molecule has 0 aliphatic heterocycles. The van der Waals surface area contributed by atoms with Crippen molar-refractivity contribution >= 4 is 12.0 Å². The number of nitrogens with one attached hydrogen (secondary N) is 2. The maximum absolute atomic E-state index is 11.5. The molecule has 0 aromatic heterocycles. The normalized spacial score (nSPS) is 16.8. The predicted octanol–water partition coefficient (Wildman–Crippen LogP) is 1.51. The highest BCUT2D eigenvalue weighted by molar-refractivity contribution is 5.74. The zero-order valence-electron chi connectivity index (χ0n) is 10.1. The lowest BCUT2D eigenvalue weighted by atomic mass is 10.0. The summed E-state index contributed by atoms with van der Waals surface area (Å²) < 4.78 is 0. The fourth-order valence-corrected chi connectivity index (χ4v) is 1.82. The van der Waals surface area contributed by atoms with Crippen molar-refractivity contribution in [1.82, 2.24) is 10.6 Å². The van der Waals surface area contributed by atoms with Crippen LogP contribution in [0.25, 0.3) is 0 Å². The molecule has 0 aromatic rings. The molecule has 0 radical (unpaired) electrons. The molecular formula is C12H20N2O3. The van der Waals surface area contributed by atoms with E-state index in [-0.39, 0.29) is 24.4 Å². The van der Waals surface area contributed by atoms with Gasteiger partial charge in [-0.2, -0.15) is 0 Å². The number of carboxylic acids is 1. The fraction of sp³-hybridized carbons (Fsp3) is 0.667. The molecular weight excluding hydrogens is 220 g/mol. The number of urea groups is 1. The Balaban J connectivity index is 2.19. The molecule has 1 aliphatic rings. The first-order chi connectivity index (χ1) is 8.11. The average Bonchev–Trinajstić information content (AvgIpc) is 2.76. The van der Waals surface area contributed by atoms with Gasteiger partial charge in [-0.15, -0.1) is 0 Å².